The van der Waals surface area contributed by atoms with Gasteiger partial charge in [-0.15, -0.1) is 0 Å². The number of hydrogen-bond acceptors (Lipinski definition) is 4. The van der Waals surface area contributed by atoms with Gasteiger partial charge in [-0.25, -0.2) is 0 Å². The van der Waals surface area contributed by atoms with Crippen molar-refractivity contribution in [3.8, 4) is 0 Å². The normalized spacial score (nSPS) is 4.20. The van der Waals surface area contributed by atoms with E-state index in [-0.39, 0.29) is 61.0 Å². The Bertz CT molecular complexity index is 23.2. The van der Waals surface area contributed by atoms with Crippen molar-refractivity contribution in [1.29, 1.82) is 0 Å². The molecule has 0 fully saturated rings. The van der Waals surface area contributed by atoms with E-state index in [0.29, 0.717) is 0 Å². The monoisotopic (exact) mass is 492 g/mol. The van der Waals surface area contributed by atoms with E-state index in [1.165, 1.54) is 21.6 Å². The van der Waals surface area contributed by atoms with Gasteiger partial charge in [0.25, 0.3) is 0 Å². The maximum Gasteiger partial charge on any atom is 2.00 e. The van der Waals surface area contributed by atoms with E-state index in [2.05, 4.69) is 38.1 Å². The molecule has 0 heterocycles. The van der Waals surface area contributed by atoms with Gasteiger partial charge in [-0.2, -0.15) is 0 Å². The summed E-state index contributed by atoms with van der Waals surface area (Å²) < 4.78 is 0. The Morgan fingerprint density at radius 2 is 0.900 bits per heavy atom. The van der Waals surface area contributed by atoms with Crippen LogP contribution in [0.5, 0.6) is 0 Å². The molecule has 2 radical (unpaired) electrons. The van der Waals surface area contributed by atoms with Crippen molar-refractivity contribution in [3.63, 3.8) is 0 Å². The maximum atomic E-state index is 4.25. The number of nitrogens with two attached hydrogens (primary N) is 2. The molecular formula is C4H12N2S2TaTb-2. The third-order valence-corrected chi connectivity index (χ3v) is 0.750. The Morgan fingerprint density at radius 1 is 0.800 bits per heavy atom. The molecule has 0 unspecified atom stereocenters. The average molecular weight is 492 g/mol. The van der Waals surface area contributed by atoms with Crippen molar-refractivity contribution in [2.24, 2.45) is 11.5 Å². The minimum absolute atomic E-state index is 0. The Morgan fingerprint density at radius 3 is 0.900 bits per heavy atom. The first-order valence-electron chi connectivity index (χ1n) is 1.56. The standard InChI is InChI=1S/C2H4S2.2CH4N.Ta.Tb/c1-3-4-2;2*1-2;;/h1-2H2;2*1-2H2;;/q-2;2*-1;+2;. The van der Waals surface area contributed by atoms with Gasteiger partial charge in [-0.1, -0.05) is 0 Å². The summed E-state index contributed by atoms with van der Waals surface area (Å²) in [7, 11) is 8.32. The van der Waals surface area contributed by atoms with Crippen LogP contribution in [0, 0.1) is 65.2 Å². The summed E-state index contributed by atoms with van der Waals surface area (Å²) in [6.45, 7) is 0. The first-order chi connectivity index (χ1) is 3.91. The van der Waals surface area contributed by atoms with Gasteiger partial charge in [0.2, 0.25) is 0 Å². The fraction of sp³-hybridized carbons (Fsp3) is 0. The first-order valence-corrected chi connectivity index (χ1v) is 4.05. The summed E-state index contributed by atoms with van der Waals surface area (Å²) in [5.74, 6) is 0. The first kappa shape index (κ1) is 29.3. The Balaban J connectivity index is -0.0000000125. The second-order valence-electron chi connectivity index (χ2n) is 0.236. The average Bonchev–Trinajstić information content (AvgIpc) is 1.96. The molecule has 10 heavy (non-hydrogen) atoms. The minimum atomic E-state index is 0. The van der Waals surface area contributed by atoms with Crippen LogP contribution in [0.25, 0.3) is 0 Å². The van der Waals surface area contributed by atoms with E-state index < -0.39 is 0 Å². The van der Waals surface area contributed by atoms with Crippen molar-refractivity contribution >= 4 is 21.6 Å². The van der Waals surface area contributed by atoms with Gasteiger partial charge in [0.05, 0.1) is 0 Å². The van der Waals surface area contributed by atoms with Crippen LogP contribution in [0.4, 0.5) is 0 Å². The second-order valence-corrected chi connectivity index (χ2v) is 2.12. The van der Waals surface area contributed by atoms with Crippen molar-refractivity contribution in [1.82, 2.24) is 0 Å². The summed E-state index contributed by atoms with van der Waals surface area (Å²) in [6.07, 6.45) is 6.84. The topological polar surface area (TPSA) is 52.0 Å². The third kappa shape index (κ3) is 74.5. The van der Waals surface area contributed by atoms with E-state index >= 15 is 0 Å². The van der Waals surface area contributed by atoms with Crippen LogP contribution in [-0.4, -0.2) is 0 Å². The van der Waals surface area contributed by atoms with E-state index in [1.807, 2.05) is 0 Å². The van der Waals surface area contributed by atoms with Crippen LogP contribution < -0.4 is 11.5 Å². The summed E-state index contributed by atoms with van der Waals surface area (Å²) in [5, 5.41) is 0. The molecule has 0 aromatic heterocycles. The zero-order valence-electron chi connectivity index (χ0n) is 5.58. The SMILES string of the molecule is [CH2-]N.[CH2-]N.[CH2-]SS[CH2-].[Ta+2].[Tb]. The Hall–Kier alpha value is 2.65. The number of hydrogen-bond donors (Lipinski definition) is 2. The summed E-state index contributed by atoms with van der Waals surface area (Å²) in [5.41, 5.74) is 8.50. The van der Waals surface area contributed by atoms with E-state index in [1.54, 1.807) is 0 Å². The predicted octanol–water partition coefficient (Wildman–Crippen LogP) is 1.42. The minimum Gasteiger partial charge on any atom is -0.486 e. The van der Waals surface area contributed by atoms with Crippen LogP contribution in [-0.2, 0) is 22.4 Å². The zero-order chi connectivity index (χ0) is 7.41. The summed E-state index contributed by atoms with van der Waals surface area (Å²) in [4.78, 5) is 0. The smallest absolute Gasteiger partial charge is 0.486 e. The molecule has 0 aliphatic rings. The maximum absolute atomic E-state index is 4.25. The van der Waals surface area contributed by atoms with Gasteiger partial charge < -0.3 is 33.1 Å². The zero-order valence-corrected chi connectivity index (χ0v) is 12.6. The Kier molecular flexibility index (Phi) is 179. The second kappa shape index (κ2) is 61.1. The molecule has 0 aromatic rings. The van der Waals surface area contributed by atoms with Gasteiger partial charge in [-0.3, -0.25) is 26.6 Å². The largest absolute Gasteiger partial charge is 2.00 e. The van der Waals surface area contributed by atoms with Crippen LogP contribution in [0.2, 0.25) is 0 Å². The molecule has 2 nitrogen and oxygen atoms in total. The van der Waals surface area contributed by atoms with Gasteiger partial charge >= 0.3 is 22.4 Å². The van der Waals surface area contributed by atoms with Crippen molar-refractivity contribution in [2.75, 3.05) is 0 Å². The van der Waals surface area contributed by atoms with Crippen LogP contribution in [0.1, 0.15) is 0 Å². The van der Waals surface area contributed by atoms with Crippen molar-refractivity contribution in [2.45, 2.75) is 0 Å². The molecule has 0 saturated heterocycles. The Labute approximate surface area is 119 Å². The van der Waals surface area contributed by atoms with E-state index in [9.17, 15) is 0 Å². The molecule has 0 amide bonds. The van der Waals surface area contributed by atoms with Gasteiger partial charge in [0.15, 0.2) is 0 Å². The molecule has 66 valence electrons. The molecule has 0 atom stereocenters. The molecule has 4 N–H and O–H groups in total. The molecule has 6 heteroatoms. The van der Waals surface area contributed by atoms with Gasteiger partial charge in [-0.05, 0) is 0 Å². The molecule has 0 saturated carbocycles. The molecule has 0 aliphatic heterocycles. The fourth-order valence-corrected chi connectivity index (χ4v) is 0. The number of rotatable bonds is 1. The third-order valence-electron chi connectivity index (χ3n) is 0.0833. The van der Waals surface area contributed by atoms with Gasteiger partial charge in [0, 0.05) is 38.6 Å². The summed E-state index contributed by atoms with van der Waals surface area (Å²) >= 11 is 0. The molecule has 0 aliphatic carbocycles. The molecule has 0 rings (SSSR count). The fourth-order valence-electron chi connectivity index (χ4n) is 0. The van der Waals surface area contributed by atoms with Crippen molar-refractivity contribution in [3.05, 3.63) is 26.6 Å². The van der Waals surface area contributed by atoms with E-state index in [0.717, 1.165) is 0 Å². The van der Waals surface area contributed by atoms with Crippen LogP contribution in [0.3, 0.4) is 0 Å². The quantitative estimate of drug-likeness (QED) is 0.430. The molecular weight excluding hydrogens is 480 g/mol. The predicted molar refractivity (Wildman–Crippen MR) is 45.0 cm³/mol. The molecule has 0 bridgehead atoms. The van der Waals surface area contributed by atoms with Crippen LogP contribution in [0.15, 0.2) is 0 Å². The van der Waals surface area contributed by atoms with Gasteiger partial charge in [0.1, 0.15) is 0 Å². The molecule has 0 aromatic carbocycles. The van der Waals surface area contributed by atoms with Crippen LogP contribution >= 0.6 is 21.6 Å². The molecule has 0 spiro atoms. The van der Waals surface area contributed by atoms with Crippen molar-refractivity contribution < 1.29 is 61.0 Å². The van der Waals surface area contributed by atoms with E-state index in [4.69, 9.17) is 0 Å². The summed E-state index contributed by atoms with van der Waals surface area (Å²) in [6, 6.07) is 0.